The lowest BCUT2D eigenvalue weighted by Gasteiger charge is -2.25. The molecular formula is C19H18BrN7O2S. The van der Waals surface area contributed by atoms with Crippen LogP contribution in [0.5, 0.6) is 0 Å². The van der Waals surface area contributed by atoms with Gasteiger partial charge >= 0.3 is 5.69 Å². The van der Waals surface area contributed by atoms with Gasteiger partial charge in [0, 0.05) is 23.2 Å². The summed E-state index contributed by atoms with van der Waals surface area (Å²) >= 11 is 4.85. The van der Waals surface area contributed by atoms with Gasteiger partial charge in [-0.15, -0.1) is 5.10 Å². The number of nitrogens with one attached hydrogen (secondary N) is 1. The fourth-order valence-corrected chi connectivity index (χ4v) is 4.83. The van der Waals surface area contributed by atoms with Crippen LogP contribution in [0.3, 0.4) is 0 Å². The summed E-state index contributed by atoms with van der Waals surface area (Å²) in [4.78, 5) is 36.4. The lowest BCUT2D eigenvalue weighted by molar-refractivity contribution is -0.117. The highest BCUT2D eigenvalue weighted by molar-refractivity contribution is 9.10. The maximum Gasteiger partial charge on any atom is 0.352 e. The lowest BCUT2D eigenvalue weighted by Crippen LogP contribution is -2.29. The number of benzene rings is 1. The van der Waals surface area contributed by atoms with Crippen LogP contribution in [-0.4, -0.2) is 43.1 Å². The number of nitrogens with zero attached hydrogens (tertiary/aromatic N) is 6. The molecule has 30 heavy (non-hydrogen) atoms. The molecule has 0 spiro atoms. The van der Waals surface area contributed by atoms with E-state index in [4.69, 9.17) is 0 Å². The molecule has 4 aromatic rings. The van der Waals surface area contributed by atoms with Gasteiger partial charge in [0.1, 0.15) is 17.6 Å². The van der Waals surface area contributed by atoms with Gasteiger partial charge in [-0.3, -0.25) is 4.79 Å². The molecule has 0 aliphatic carbocycles. The molecule has 154 valence electrons. The molecule has 5 rings (SSSR count). The fraction of sp³-hybridized carbons (Fsp3) is 0.316. The summed E-state index contributed by atoms with van der Waals surface area (Å²) in [6.45, 7) is 1.77. The number of carbonyl (C=O) groups is 1. The Morgan fingerprint density at radius 3 is 2.70 bits per heavy atom. The van der Waals surface area contributed by atoms with Crippen molar-refractivity contribution in [3.05, 3.63) is 45.5 Å². The summed E-state index contributed by atoms with van der Waals surface area (Å²) in [6, 6.07) is 7.22. The minimum atomic E-state index is -0.404. The third kappa shape index (κ3) is 3.58. The van der Waals surface area contributed by atoms with Gasteiger partial charge in [-0.25, -0.2) is 18.9 Å². The van der Waals surface area contributed by atoms with Crippen LogP contribution in [0.4, 0.5) is 10.8 Å². The third-order valence-corrected chi connectivity index (χ3v) is 6.65. The Bertz CT molecular complexity index is 1290. The molecular weight excluding hydrogens is 470 g/mol. The van der Waals surface area contributed by atoms with E-state index in [0.717, 1.165) is 44.9 Å². The molecule has 9 nitrogen and oxygen atoms in total. The highest BCUT2D eigenvalue weighted by atomic mass is 79.9. The first-order valence-electron chi connectivity index (χ1n) is 9.63. The number of amides is 1. The van der Waals surface area contributed by atoms with Gasteiger partial charge in [0.2, 0.25) is 5.91 Å². The summed E-state index contributed by atoms with van der Waals surface area (Å²) in [5.41, 5.74) is 1.29. The molecule has 11 heteroatoms. The average Bonchev–Trinajstić information content (AvgIpc) is 3.32. The molecule has 0 atom stereocenters. The van der Waals surface area contributed by atoms with Crippen LogP contribution in [0, 0.1) is 0 Å². The minimum absolute atomic E-state index is 0.185. The predicted octanol–water partition coefficient (Wildman–Crippen LogP) is 2.89. The van der Waals surface area contributed by atoms with Crippen molar-refractivity contribution in [3.8, 4) is 0 Å². The summed E-state index contributed by atoms with van der Waals surface area (Å²) in [5, 5.41) is 8.08. The van der Waals surface area contributed by atoms with E-state index in [2.05, 4.69) is 41.2 Å². The molecule has 1 saturated heterocycles. The SMILES string of the molecule is O=C(Cn1nc2c3sc(N4CCCCC4)nc3ncn2c1=O)Nc1ccc(Br)cc1. The number of halogens is 1. The van der Waals surface area contributed by atoms with Crippen LogP contribution in [0.15, 0.2) is 39.9 Å². The number of rotatable bonds is 4. The summed E-state index contributed by atoms with van der Waals surface area (Å²) in [6.07, 6.45) is 4.97. The van der Waals surface area contributed by atoms with E-state index < -0.39 is 5.69 Å². The van der Waals surface area contributed by atoms with Crippen molar-refractivity contribution in [1.82, 2.24) is 24.1 Å². The van der Waals surface area contributed by atoms with Crippen LogP contribution in [0.1, 0.15) is 19.3 Å². The van der Waals surface area contributed by atoms with E-state index in [1.807, 2.05) is 12.1 Å². The van der Waals surface area contributed by atoms with E-state index >= 15 is 0 Å². The van der Waals surface area contributed by atoms with E-state index in [1.54, 1.807) is 12.1 Å². The molecule has 1 aromatic carbocycles. The summed E-state index contributed by atoms with van der Waals surface area (Å²) in [7, 11) is 0. The van der Waals surface area contributed by atoms with Crippen LogP contribution in [0.25, 0.3) is 16.0 Å². The Morgan fingerprint density at radius 1 is 1.17 bits per heavy atom. The smallest absolute Gasteiger partial charge is 0.348 e. The van der Waals surface area contributed by atoms with Crippen LogP contribution in [0.2, 0.25) is 0 Å². The van der Waals surface area contributed by atoms with Gasteiger partial charge in [0.05, 0.1) is 0 Å². The number of hydrogen-bond acceptors (Lipinski definition) is 7. The largest absolute Gasteiger partial charge is 0.352 e. The number of fused-ring (bicyclic) bond motifs is 3. The van der Waals surface area contributed by atoms with Gasteiger partial charge in [0.25, 0.3) is 0 Å². The normalized spacial score (nSPS) is 14.5. The van der Waals surface area contributed by atoms with E-state index in [-0.39, 0.29) is 12.5 Å². The molecule has 1 N–H and O–H groups in total. The van der Waals surface area contributed by atoms with Crippen LogP contribution in [-0.2, 0) is 11.3 Å². The van der Waals surface area contributed by atoms with Gasteiger partial charge < -0.3 is 10.2 Å². The Hall–Kier alpha value is -2.79. The van der Waals surface area contributed by atoms with Crippen molar-refractivity contribution in [2.24, 2.45) is 0 Å². The van der Waals surface area contributed by atoms with Crippen molar-refractivity contribution >= 4 is 60.0 Å². The zero-order valence-corrected chi connectivity index (χ0v) is 18.3. The first-order valence-corrected chi connectivity index (χ1v) is 11.2. The number of carbonyl (C=O) groups excluding carboxylic acids is 1. The quantitative estimate of drug-likeness (QED) is 0.475. The average molecular weight is 488 g/mol. The Labute approximate surface area is 183 Å². The molecule has 0 bridgehead atoms. The topological polar surface area (TPSA) is 97.4 Å². The summed E-state index contributed by atoms with van der Waals surface area (Å²) in [5.74, 6) is -0.328. The number of anilines is 2. The van der Waals surface area contributed by atoms with Crippen molar-refractivity contribution in [3.63, 3.8) is 0 Å². The Kier molecular flexibility index (Phi) is 4.99. The number of aromatic nitrogens is 5. The van der Waals surface area contributed by atoms with Gasteiger partial charge in [-0.2, -0.15) is 4.98 Å². The minimum Gasteiger partial charge on any atom is -0.348 e. The van der Waals surface area contributed by atoms with Gasteiger partial charge in [-0.05, 0) is 43.5 Å². The molecule has 1 aliphatic rings. The standard InChI is InChI=1S/C19H18BrN7O2S/c20-12-4-6-13(7-5-12)22-14(28)10-27-19(29)26-11-21-16-15(17(26)24-27)30-18(23-16)25-8-2-1-3-9-25/h4-7,11H,1-3,8-10H2,(H,22,28). The molecule has 1 aliphatic heterocycles. The second-order valence-electron chi connectivity index (χ2n) is 7.13. The second kappa shape index (κ2) is 7.80. The molecule has 0 saturated carbocycles. The molecule has 1 amide bonds. The van der Waals surface area contributed by atoms with Gasteiger partial charge in [-0.1, -0.05) is 27.3 Å². The van der Waals surface area contributed by atoms with E-state index in [1.165, 1.54) is 28.5 Å². The molecule has 0 radical (unpaired) electrons. The maximum absolute atomic E-state index is 12.7. The van der Waals surface area contributed by atoms with Gasteiger partial charge in [0.15, 0.2) is 16.4 Å². The fourth-order valence-electron chi connectivity index (χ4n) is 3.52. The third-order valence-electron chi connectivity index (χ3n) is 5.02. The number of thiazole rings is 1. The molecule has 3 aromatic heterocycles. The molecule has 4 heterocycles. The highest BCUT2D eigenvalue weighted by Crippen LogP contribution is 2.31. The van der Waals surface area contributed by atoms with E-state index in [0.29, 0.717) is 17.0 Å². The van der Waals surface area contributed by atoms with Crippen molar-refractivity contribution in [2.45, 2.75) is 25.8 Å². The highest BCUT2D eigenvalue weighted by Gasteiger charge is 2.20. The maximum atomic E-state index is 12.7. The molecule has 1 fully saturated rings. The van der Waals surface area contributed by atoms with Crippen LogP contribution >= 0.6 is 27.3 Å². The lowest BCUT2D eigenvalue weighted by atomic mass is 10.1. The Balaban J connectivity index is 1.44. The number of hydrogen-bond donors (Lipinski definition) is 1. The zero-order chi connectivity index (χ0) is 20.7. The van der Waals surface area contributed by atoms with E-state index in [9.17, 15) is 9.59 Å². The molecule has 0 unspecified atom stereocenters. The van der Waals surface area contributed by atoms with Crippen molar-refractivity contribution in [1.29, 1.82) is 0 Å². The van der Waals surface area contributed by atoms with Crippen molar-refractivity contribution < 1.29 is 4.79 Å². The predicted molar refractivity (Wildman–Crippen MR) is 119 cm³/mol. The number of piperidine rings is 1. The monoisotopic (exact) mass is 487 g/mol. The first-order chi connectivity index (χ1) is 14.6. The van der Waals surface area contributed by atoms with Crippen LogP contribution < -0.4 is 15.9 Å². The first kappa shape index (κ1) is 19.2. The zero-order valence-electron chi connectivity index (χ0n) is 15.9. The summed E-state index contributed by atoms with van der Waals surface area (Å²) < 4.78 is 4.20. The second-order valence-corrected chi connectivity index (χ2v) is 9.02. The van der Waals surface area contributed by atoms with Crippen molar-refractivity contribution in [2.75, 3.05) is 23.3 Å². The Morgan fingerprint density at radius 2 is 1.93 bits per heavy atom.